The monoisotopic (exact) mass is 510 g/mol. The fraction of sp³-hybridized carbons (Fsp3) is 0.189. The first-order chi connectivity index (χ1) is 18.8. The third-order valence-electron chi connectivity index (χ3n) is 8.00. The highest BCUT2D eigenvalue weighted by atomic mass is 15.2. The molecule has 5 rings (SSSR count). The van der Waals surface area contributed by atoms with Crippen molar-refractivity contribution < 1.29 is 0 Å². The van der Waals surface area contributed by atoms with Gasteiger partial charge in [0, 0.05) is 34.1 Å². The molecule has 196 valence electrons. The van der Waals surface area contributed by atoms with Gasteiger partial charge in [0.1, 0.15) is 0 Å². The Morgan fingerprint density at radius 3 is 1.10 bits per heavy atom. The van der Waals surface area contributed by atoms with E-state index in [4.69, 9.17) is 0 Å². The predicted molar refractivity (Wildman–Crippen MR) is 168 cm³/mol. The molecule has 0 saturated carbocycles. The van der Waals surface area contributed by atoms with Gasteiger partial charge in [0.05, 0.1) is 0 Å². The van der Waals surface area contributed by atoms with Crippen molar-refractivity contribution >= 4 is 34.1 Å². The van der Waals surface area contributed by atoms with E-state index in [2.05, 4.69) is 178 Å². The van der Waals surface area contributed by atoms with Crippen LogP contribution in [0.5, 0.6) is 0 Å². The van der Waals surface area contributed by atoms with Crippen LogP contribution >= 0.6 is 0 Å². The van der Waals surface area contributed by atoms with Crippen LogP contribution in [0.2, 0.25) is 0 Å². The normalized spacial score (nSPS) is 11.4. The summed E-state index contributed by atoms with van der Waals surface area (Å²) in [7, 11) is 0. The number of nitrogens with zero attached hydrogens (tertiary/aromatic N) is 2. The van der Waals surface area contributed by atoms with Crippen LogP contribution < -0.4 is 9.80 Å². The van der Waals surface area contributed by atoms with Crippen molar-refractivity contribution in [2.24, 2.45) is 5.92 Å². The quantitative estimate of drug-likeness (QED) is 0.205. The Morgan fingerprint density at radius 2 is 0.744 bits per heavy atom. The molecule has 0 heterocycles. The Kier molecular flexibility index (Phi) is 7.56. The van der Waals surface area contributed by atoms with Gasteiger partial charge < -0.3 is 9.80 Å². The van der Waals surface area contributed by atoms with Crippen molar-refractivity contribution in [3.05, 3.63) is 145 Å². The molecular formula is C37H38N2. The van der Waals surface area contributed by atoms with Crippen LogP contribution in [0.15, 0.2) is 133 Å². The van der Waals surface area contributed by atoms with E-state index >= 15 is 0 Å². The Labute approximate surface area is 234 Å². The second-order valence-corrected chi connectivity index (χ2v) is 11.1. The predicted octanol–water partition coefficient (Wildman–Crippen LogP) is 10.9. The van der Waals surface area contributed by atoms with Gasteiger partial charge in [-0.1, -0.05) is 93.9 Å². The maximum atomic E-state index is 2.33. The van der Waals surface area contributed by atoms with Crippen molar-refractivity contribution in [1.29, 1.82) is 0 Å². The highest BCUT2D eigenvalue weighted by Crippen LogP contribution is 2.40. The summed E-state index contributed by atoms with van der Waals surface area (Å²) in [6.07, 6.45) is 0. The van der Waals surface area contributed by atoms with E-state index in [-0.39, 0.29) is 5.41 Å². The molecule has 0 aliphatic rings. The first kappa shape index (κ1) is 26.3. The van der Waals surface area contributed by atoms with Gasteiger partial charge in [-0.15, -0.1) is 0 Å². The summed E-state index contributed by atoms with van der Waals surface area (Å²) < 4.78 is 0. The molecular weight excluding hydrogens is 472 g/mol. The van der Waals surface area contributed by atoms with Crippen LogP contribution in [0.1, 0.15) is 38.8 Å². The zero-order valence-electron chi connectivity index (χ0n) is 23.7. The molecule has 5 aromatic rings. The Morgan fingerprint density at radius 1 is 0.436 bits per heavy atom. The van der Waals surface area contributed by atoms with E-state index in [1.54, 1.807) is 0 Å². The first-order valence-corrected chi connectivity index (χ1v) is 13.8. The average molecular weight is 511 g/mol. The maximum Gasteiger partial charge on any atom is 0.0463 e. The standard InChI is InChI=1S/C37H38N2/c1-28(2)37(4,5)30-18-22-34(23-19-30)39(32-14-10-7-11-15-32)36-26-24-35(25-27-36)38(31-12-8-6-9-13-31)33-20-16-29(3)17-21-33/h6-28H,1-5H3. The molecule has 39 heavy (non-hydrogen) atoms. The lowest BCUT2D eigenvalue weighted by Crippen LogP contribution is -2.24. The molecule has 0 unspecified atom stereocenters. The van der Waals surface area contributed by atoms with Crippen molar-refractivity contribution in [2.45, 2.75) is 40.0 Å². The fourth-order valence-electron chi connectivity index (χ4n) is 4.87. The lowest BCUT2D eigenvalue weighted by atomic mass is 9.75. The summed E-state index contributed by atoms with van der Waals surface area (Å²) >= 11 is 0. The van der Waals surface area contributed by atoms with Crippen LogP contribution in [0.3, 0.4) is 0 Å². The summed E-state index contributed by atoms with van der Waals surface area (Å²) in [6, 6.07) is 47.8. The summed E-state index contributed by atoms with van der Waals surface area (Å²) in [5, 5.41) is 0. The smallest absolute Gasteiger partial charge is 0.0463 e. The molecule has 0 N–H and O–H groups in total. The van der Waals surface area contributed by atoms with E-state index in [9.17, 15) is 0 Å². The van der Waals surface area contributed by atoms with Gasteiger partial charge in [-0.05, 0) is 96.6 Å². The number of para-hydroxylation sites is 2. The van der Waals surface area contributed by atoms with Crippen molar-refractivity contribution in [3.8, 4) is 0 Å². The molecule has 0 bridgehead atoms. The van der Waals surface area contributed by atoms with Gasteiger partial charge in [0.2, 0.25) is 0 Å². The van der Waals surface area contributed by atoms with Crippen LogP contribution in [0, 0.1) is 12.8 Å². The number of benzene rings is 5. The second-order valence-electron chi connectivity index (χ2n) is 11.1. The highest BCUT2D eigenvalue weighted by molar-refractivity contribution is 5.81. The Hall–Kier alpha value is -4.30. The lowest BCUT2D eigenvalue weighted by Gasteiger charge is -2.31. The zero-order valence-corrected chi connectivity index (χ0v) is 23.7. The third-order valence-corrected chi connectivity index (χ3v) is 8.00. The SMILES string of the molecule is Cc1ccc(N(c2ccccc2)c2ccc(N(c3ccccc3)c3ccc(C(C)(C)C(C)C)cc3)cc2)cc1. The summed E-state index contributed by atoms with van der Waals surface area (Å²) in [4.78, 5) is 4.63. The van der Waals surface area contributed by atoms with Crippen LogP contribution in [0.25, 0.3) is 0 Å². The Balaban J connectivity index is 1.54. The number of anilines is 6. The maximum absolute atomic E-state index is 2.33. The van der Waals surface area contributed by atoms with E-state index in [1.165, 1.54) is 11.1 Å². The molecule has 2 heteroatoms. The summed E-state index contributed by atoms with van der Waals surface area (Å²) in [5.74, 6) is 0.558. The molecule has 0 aliphatic heterocycles. The Bertz CT molecular complexity index is 1470. The fourth-order valence-corrected chi connectivity index (χ4v) is 4.87. The average Bonchev–Trinajstić information content (AvgIpc) is 2.96. The minimum absolute atomic E-state index is 0.120. The number of hydrogen-bond donors (Lipinski definition) is 0. The minimum Gasteiger partial charge on any atom is -0.311 e. The summed E-state index contributed by atoms with van der Waals surface area (Å²) in [5.41, 5.74) is 9.54. The molecule has 2 nitrogen and oxygen atoms in total. The molecule has 0 radical (unpaired) electrons. The molecule has 0 atom stereocenters. The molecule has 0 amide bonds. The molecule has 5 aromatic carbocycles. The van der Waals surface area contributed by atoms with Gasteiger partial charge in [-0.25, -0.2) is 0 Å². The summed E-state index contributed by atoms with van der Waals surface area (Å²) in [6.45, 7) is 11.4. The second kappa shape index (κ2) is 11.2. The molecule has 0 aliphatic carbocycles. The largest absolute Gasteiger partial charge is 0.311 e. The first-order valence-electron chi connectivity index (χ1n) is 13.8. The van der Waals surface area contributed by atoms with E-state index in [0.29, 0.717) is 5.92 Å². The topological polar surface area (TPSA) is 6.48 Å². The van der Waals surface area contributed by atoms with Gasteiger partial charge >= 0.3 is 0 Å². The zero-order chi connectivity index (χ0) is 27.4. The van der Waals surface area contributed by atoms with Crippen LogP contribution in [-0.4, -0.2) is 0 Å². The van der Waals surface area contributed by atoms with Crippen molar-refractivity contribution in [1.82, 2.24) is 0 Å². The van der Waals surface area contributed by atoms with Gasteiger partial charge in [0.25, 0.3) is 0 Å². The van der Waals surface area contributed by atoms with Gasteiger partial charge in [-0.2, -0.15) is 0 Å². The molecule has 0 saturated heterocycles. The van der Waals surface area contributed by atoms with Crippen LogP contribution in [-0.2, 0) is 5.41 Å². The van der Waals surface area contributed by atoms with Gasteiger partial charge in [0.15, 0.2) is 0 Å². The highest BCUT2D eigenvalue weighted by Gasteiger charge is 2.25. The van der Waals surface area contributed by atoms with Crippen molar-refractivity contribution in [2.75, 3.05) is 9.80 Å². The van der Waals surface area contributed by atoms with E-state index in [0.717, 1.165) is 34.1 Å². The number of aryl methyl sites for hydroxylation is 1. The van der Waals surface area contributed by atoms with Crippen LogP contribution in [0.4, 0.5) is 34.1 Å². The molecule has 0 aromatic heterocycles. The van der Waals surface area contributed by atoms with E-state index in [1.807, 2.05) is 0 Å². The third kappa shape index (κ3) is 5.61. The number of hydrogen-bond acceptors (Lipinski definition) is 2. The van der Waals surface area contributed by atoms with E-state index < -0.39 is 0 Å². The van der Waals surface area contributed by atoms with Crippen molar-refractivity contribution in [3.63, 3.8) is 0 Å². The number of rotatable bonds is 8. The molecule has 0 spiro atoms. The van der Waals surface area contributed by atoms with Gasteiger partial charge in [-0.3, -0.25) is 0 Å². The molecule has 0 fully saturated rings. The minimum atomic E-state index is 0.120. The lowest BCUT2D eigenvalue weighted by molar-refractivity contribution is 0.372.